The number of imidazole rings is 1. The van der Waals surface area contributed by atoms with Gasteiger partial charge in [0.1, 0.15) is 6.04 Å². The highest BCUT2D eigenvalue weighted by Crippen LogP contribution is 2.32. The van der Waals surface area contributed by atoms with Crippen LogP contribution in [0.15, 0.2) is 48.5 Å². The Hall–Kier alpha value is -3.56. The van der Waals surface area contributed by atoms with E-state index in [-0.39, 0.29) is 17.9 Å². The number of carboxylic acid groups (broad SMARTS) is 1. The quantitative estimate of drug-likeness (QED) is 0.521. The molecule has 0 bridgehead atoms. The van der Waals surface area contributed by atoms with Gasteiger partial charge in [-0.3, -0.25) is 4.79 Å². The topological polar surface area (TPSA) is 98.3 Å². The lowest BCUT2D eigenvalue weighted by molar-refractivity contribution is -0.148. The van der Waals surface area contributed by atoms with Gasteiger partial charge in [0.05, 0.1) is 29.1 Å². The number of amides is 1. The summed E-state index contributed by atoms with van der Waals surface area (Å²) in [6.45, 7) is 1.35. The number of rotatable bonds is 7. The summed E-state index contributed by atoms with van der Waals surface area (Å²) in [6.07, 6.45) is -4.81. The summed E-state index contributed by atoms with van der Waals surface area (Å²) < 4.78 is 39.6. The Morgan fingerprint density at radius 1 is 1.19 bits per heavy atom. The number of hydrogen-bond acceptors (Lipinski definition) is 4. The second kappa shape index (κ2) is 8.66. The van der Waals surface area contributed by atoms with E-state index in [1.807, 2.05) is 0 Å². The fourth-order valence-corrected chi connectivity index (χ4v) is 3.07. The van der Waals surface area contributed by atoms with Crippen molar-refractivity contribution < 1.29 is 27.9 Å². The molecule has 7 nitrogen and oxygen atoms in total. The van der Waals surface area contributed by atoms with E-state index in [4.69, 9.17) is 5.11 Å². The molecule has 3 N–H and O–H groups in total. The molecule has 0 radical (unpaired) electrons. The zero-order chi connectivity index (χ0) is 22.8. The molecule has 10 heteroatoms. The molecule has 1 amide bonds. The van der Waals surface area contributed by atoms with Crippen LogP contribution in [0.25, 0.3) is 11.0 Å². The van der Waals surface area contributed by atoms with E-state index in [9.17, 15) is 22.8 Å². The predicted octanol–water partition coefficient (Wildman–Crippen LogP) is 4.06. The molecule has 2 unspecified atom stereocenters. The van der Waals surface area contributed by atoms with E-state index in [1.54, 1.807) is 24.3 Å². The summed E-state index contributed by atoms with van der Waals surface area (Å²) in [5.41, 5.74) is 0.743. The number of aromatic amines is 1. The third-order valence-electron chi connectivity index (χ3n) is 5.03. The van der Waals surface area contributed by atoms with Crippen LogP contribution in [0.5, 0.6) is 0 Å². The number of anilines is 1. The molecule has 2 aromatic carbocycles. The fourth-order valence-electron chi connectivity index (χ4n) is 3.07. The van der Waals surface area contributed by atoms with Gasteiger partial charge < -0.3 is 20.3 Å². The standard InChI is InChI=1S/C21H21F3N4O3/c1-12(19(30)31)28(2)18(29)11-17(13-6-5-7-14(10-13)21(22,23)24)27-20-25-15-8-3-4-9-16(15)26-20/h3-10,12,17H,11H2,1-2H3,(H,30,31)(H2,25,26,27). The van der Waals surface area contributed by atoms with Crippen LogP contribution in [0.2, 0.25) is 0 Å². The number of carbonyl (C=O) groups excluding carboxylic acids is 1. The number of likely N-dealkylation sites (N-methyl/N-ethyl adjacent to an activating group) is 1. The van der Waals surface area contributed by atoms with Gasteiger partial charge >= 0.3 is 12.1 Å². The Morgan fingerprint density at radius 3 is 2.55 bits per heavy atom. The number of hydrogen-bond donors (Lipinski definition) is 3. The number of benzene rings is 2. The normalized spacial score (nSPS) is 13.6. The Balaban J connectivity index is 1.93. The molecule has 0 fully saturated rings. The minimum absolute atomic E-state index is 0.222. The molecule has 164 valence electrons. The zero-order valence-corrected chi connectivity index (χ0v) is 16.8. The summed E-state index contributed by atoms with van der Waals surface area (Å²) in [7, 11) is 1.34. The zero-order valence-electron chi connectivity index (χ0n) is 16.8. The number of carboxylic acids is 1. The second-order valence-electron chi connectivity index (χ2n) is 7.15. The third kappa shape index (κ3) is 5.14. The predicted molar refractivity (Wildman–Crippen MR) is 108 cm³/mol. The van der Waals surface area contributed by atoms with Crippen LogP contribution in [0.1, 0.15) is 30.5 Å². The van der Waals surface area contributed by atoms with Crippen molar-refractivity contribution in [3.05, 3.63) is 59.7 Å². The number of aliphatic carboxylic acids is 1. The van der Waals surface area contributed by atoms with Gasteiger partial charge in [-0.25, -0.2) is 9.78 Å². The average Bonchev–Trinajstić information content (AvgIpc) is 3.14. The van der Waals surface area contributed by atoms with Crippen molar-refractivity contribution in [2.24, 2.45) is 0 Å². The van der Waals surface area contributed by atoms with E-state index >= 15 is 0 Å². The lowest BCUT2D eigenvalue weighted by Crippen LogP contribution is -2.41. The highest BCUT2D eigenvalue weighted by molar-refractivity contribution is 5.84. The number of H-pyrrole nitrogens is 1. The first-order valence-electron chi connectivity index (χ1n) is 9.43. The number of carbonyl (C=O) groups is 2. The number of para-hydroxylation sites is 2. The molecule has 3 rings (SSSR count). The number of aromatic nitrogens is 2. The van der Waals surface area contributed by atoms with Crippen LogP contribution in [0, 0.1) is 0 Å². The van der Waals surface area contributed by atoms with E-state index in [2.05, 4.69) is 15.3 Å². The molecule has 0 aliphatic carbocycles. The fraction of sp³-hybridized carbons (Fsp3) is 0.286. The maximum absolute atomic E-state index is 13.2. The largest absolute Gasteiger partial charge is 0.480 e. The van der Waals surface area contributed by atoms with Gasteiger partial charge in [-0.2, -0.15) is 13.2 Å². The second-order valence-corrected chi connectivity index (χ2v) is 7.15. The average molecular weight is 434 g/mol. The van der Waals surface area contributed by atoms with Crippen molar-refractivity contribution in [1.82, 2.24) is 14.9 Å². The molecular weight excluding hydrogens is 413 g/mol. The van der Waals surface area contributed by atoms with E-state index in [0.717, 1.165) is 22.5 Å². The van der Waals surface area contributed by atoms with Gasteiger partial charge in [0, 0.05) is 7.05 Å². The van der Waals surface area contributed by atoms with Gasteiger partial charge in [0.2, 0.25) is 11.9 Å². The van der Waals surface area contributed by atoms with Crippen molar-refractivity contribution >= 4 is 28.9 Å². The van der Waals surface area contributed by atoms with Crippen LogP contribution in [0.3, 0.4) is 0 Å². The maximum atomic E-state index is 13.2. The van der Waals surface area contributed by atoms with Crippen molar-refractivity contribution in [3.8, 4) is 0 Å². The minimum Gasteiger partial charge on any atom is -0.480 e. The SMILES string of the molecule is CC(C(=O)O)N(C)C(=O)CC(Nc1nc2ccccc2[nH]1)c1cccc(C(F)(F)F)c1. The highest BCUT2D eigenvalue weighted by Gasteiger charge is 2.32. The first-order valence-corrected chi connectivity index (χ1v) is 9.43. The minimum atomic E-state index is -4.54. The molecule has 0 aliphatic heterocycles. The van der Waals surface area contributed by atoms with E-state index in [0.29, 0.717) is 5.52 Å². The summed E-state index contributed by atoms with van der Waals surface area (Å²) >= 11 is 0. The monoisotopic (exact) mass is 434 g/mol. The van der Waals surface area contributed by atoms with Gasteiger partial charge in [-0.15, -0.1) is 0 Å². The third-order valence-corrected chi connectivity index (χ3v) is 5.03. The van der Waals surface area contributed by atoms with Crippen LogP contribution >= 0.6 is 0 Å². The molecule has 0 aliphatic rings. The summed E-state index contributed by atoms with van der Waals surface area (Å²) in [4.78, 5) is 32.3. The van der Waals surface area contributed by atoms with Crippen molar-refractivity contribution in [2.45, 2.75) is 31.6 Å². The highest BCUT2D eigenvalue weighted by atomic mass is 19.4. The summed E-state index contributed by atoms with van der Waals surface area (Å²) in [5, 5.41) is 12.1. The van der Waals surface area contributed by atoms with Gasteiger partial charge in [-0.05, 0) is 36.8 Å². The number of fused-ring (bicyclic) bond motifs is 1. The number of halogens is 3. The molecular formula is C21H21F3N4O3. The molecule has 0 spiro atoms. The Morgan fingerprint density at radius 2 is 1.90 bits per heavy atom. The molecule has 3 aromatic rings. The van der Waals surface area contributed by atoms with Crippen LogP contribution in [-0.2, 0) is 15.8 Å². The number of nitrogens with zero attached hydrogens (tertiary/aromatic N) is 2. The van der Waals surface area contributed by atoms with Gasteiger partial charge in [0.25, 0.3) is 0 Å². The molecule has 2 atom stereocenters. The van der Waals surface area contributed by atoms with Crippen LogP contribution < -0.4 is 5.32 Å². The number of alkyl halides is 3. The van der Waals surface area contributed by atoms with Crippen LogP contribution in [0.4, 0.5) is 19.1 Å². The first-order chi connectivity index (χ1) is 14.6. The van der Waals surface area contributed by atoms with E-state index < -0.39 is 35.7 Å². The van der Waals surface area contributed by atoms with Crippen molar-refractivity contribution in [2.75, 3.05) is 12.4 Å². The van der Waals surface area contributed by atoms with Gasteiger partial charge in [-0.1, -0.05) is 24.3 Å². The lowest BCUT2D eigenvalue weighted by Gasteiger charge is -2.25. The Labute approximate surface area is 175 Å². The van der Waals surface area contributed by atoms with Crippen molar-refractivity contribution in [1.29, 1.82) is 0 Å². The molecule has 0 saturated carbocycles. The van der Waals surface area contributed by atoms with Crippen molar-refractivity contribution in [3.63, 3.8) is 0 Å². The molecule has 0 saturated heterocycles. The smallest absolute Gasteiger partial charge is 0.416 e. The Kier molecular flexibility index (Phi) is 6.19. The number of nitrogens with one attached hydrogen (secondary N) is 2. The van der Waals surface area contributed by atoms with E-state index in [1.165, 1.54) is 26.1 Å². The lowest BCUT2D eigenvalue weighted by atomic mass is 10.00. The summed E-state index contributed by atoms with van der Waals surface area (Å²) in [5.74, 6) is -1.44. The molecule has 1 heterocycles. The maximum Gasteiger partial charge on any atom is 0.416 e. The Bertz CT molecular complexity index is 1060. The molecule has 1 aromatic heterocycles. The summed E-state index contributed by atoms with van der Waals surface area (Å²) in [6, 6.07) is 9.85. The van der Waals surface area contributed by atoms with Gasteiger partial charge in [0.15, 0.2) is 0 Å². The van der Waals surface area contributed by atoms with Crippen LogP contribution in [-0.4, -0.2) is 44.9 Å². The first kappa shape index (κ1) is 22.1. The molecule has 31 heavy (non-hydrogen) atoms.